The Kier molecular flexibility index (Phi) is 2.40. The molecule has 1 aliphatic rings. The molecule has 58 valence electrons. The molecule has 0 aromatic carbocycles. The molecular formula is C9H15Cl. The summed E-state index contributed by atoms with van der Waals surface area (Å²) in [7, 11) is 0. The maximum atomic E-state index is 5.86. The zero-order chi connectivity index (χ0) is 7.61. The van der Waals surface area contributed by atoms with Crippen molar-refractivity contribution in [1.82, 2.24) is 0 Å². The minimum Gasteiger partial charge on any atom is -0.126 e. The molecule has 0 radical (unpaired) electrons. The second-order valence-electron chi connectivity index (χ2n) is 3.64. The summed E-state index contributed by atoms with van der Waals surface area (Å²) in [6.45, 7) is 6.03. The molecule has 0 aliphatic heterocycles. The first-order chi connectivity index (χ1) is 4.72. The van der Waals surface area contributed by atoms with Crippen molar-refractivity contribution in [1.29, 1.82) is 0 Å². The lowest BCUT2D eigenvalue weighted by Crippen LogP contribution is -2.36. The van der Waals surface area contributed by atoms with Gasteiger partial charge in [-0.25, -0.2) is 0 Å². The first-order valence-corrected chi connectivity index (χ1v) is 4.43. The molecule has 1 rings (SSSR count). The summed E-state index contributed by atoms with van der Waals surface area (Å²) >= 11 is 5.86. The van der Waals surface area contributed by atoms with E-state index in [9.17, 15) is 0 Å². The second kappa shape index (κ2) is 2.96. The van der Waals surface area contributed by atoms with Gasteiger partial charge in [0.25, 0.3) is 0 Å². The van der Waals surface area contributed by atoms with Gasteiger partial charge < -0.3 is 0 Å². The van der Waals surface area contributed by atoms with Gasteiger partial charge in [-0.1, -0.05) is 13.0 Å². The molecule has 0 amide bonds. The summed E-state index contributed by atoms with van der Waals surface area (Å²) in [6.07, 6.45) is 5.68. The predicted molar refractivity (Wildman–Crippen MR) is 46.4 cm³/mol. The second-order valence-corrected chi connectivity index (χ2v) is 3.91. The molecule has 0 unspecified atom stereocenters. The number of hydrogen-bond donors (Lipinski definition) is 0. The molecule has 0 spiro atoms. The third kappa shape index (κ3) is 1.37. The van der Waals surface area contributed by atoms with E-state index >= 15 is 0 Å². The van der Waals surface area contributed by atoms with Crippen molar-refractivity contribution in [2.75, 3.05) is 5.88 Å². The van der Waals surface area contributed by atoms with E-state index in [-0.39, 0.29) is 0 Å². The van der Waals surface area contributed by atoms with Crippen LogP contribution in [-0.2, 0) is 0 Å². The smallest absolute Gasteiger partial charge is 0.0283 e. The number of alkyl halides is 1. The SMILES string of the molecule is C=CCC1(CCl)CC(C)C1. The lowest BCUT2D eigenvalue weighted by Gasteiger charge is -2.45. The lowest BCUT2D eigenvalue weighted by molar-refractivity contribution is 0.0958. The molecule has 0 aromatic rings. The van der Waals surface area contributed by atoms with Gasteiger partial charge in [-0.05, 0) is 30.6 Å². The Morgan fingerprint density at radius 2 is 2.30 bits per heavy atom. The van der Waals surface area contributed by atoms with Gasteiger partial charge in [0.05, 0.1) is 0 Å². The van der Waals surface area contributed by atoms with Gasteiger partial charge in [0.1, 0.15) is 0 Å². The van der Waals surface area contributed by atoms with Crippen LogP contribution in [0.5, 0.6) is 0 Å². The highest BCUT2D eigenvalue weighted by Crippen LogP contribution is 2.48. The molecule has 10 heavy (non-hydrogen) atoms. The van der Waals surface area contributed by atoms with E-state index < -0.39 is 0 Å². The van der Waals surface area contributed by atoms with Crippen LogP contribution in [-0.4, -0.2) is 5.88 Å². The maximum Gasteiger partial charge on any atom is 0.0283 e. The van der Waals surface area contributed by atoms with Crippen molar-refractivity contribution in [3.8, 4) is 0 Å². The average Bonchev–Trinajstić information content (AvgIpc) is 1.84. The molecule has 0 saturated heterocycles. The van der Waals surface area contributed by atoms with Crippen LogP contribution >= 0.6 is 11.6 Å². The molecule has 0 heterocycles. The van der Waals surface area contributed by atoms with Crippen molar-refractivity contribution < 1.29 is 0 Å². The van der Waals surface area contributed by atoms with E-state index in [0.29, 0.717) is 5.41 Å². The van der Waals surface area contributed by atoms with Crippen molar-refractivity contribution in [2.45, 2.75) is 26.2 Å². The maximum absolute atomic E-state index is 5.86. The fraction of sp³-hybridized carbons (Fsp3) is 0.778. The van der Waals surface area contributed by atoms with Crippen LogP contribution in [0.1, 0.15) is 26.2 Å². The summed E-state index contributed by atoms with van der Waals surface area (Å²) in [5.74, 6) is 1.70. The number of halogens is 1. The van der Waals surface area contributed by atoms with Crippen molar-refractivity contribution in [3.63, 3.8) is 0 Å². The van der Waals surface area contributed by atoms with Crippen LogP contribution in [0.25, 0.3) is 0 Å². The first kappa shape index (κ1) is 8.13. The van der Waals surface area contributed by atoms with Crippen molar-refractivity contribution in [3.05, 3.63) is 12.7 Å². The largest absolute Gasteiger partial charge is 0.126 e. The van der Waals surface area contributed by atoms with E-state index in [0.717, 1.165) is 18.2 Å². The number of hydrogen-bond acceptors (Lipinski definition) is 0. The average molecular weight is 159 g/mol. The van der Waals surface area contributed by atoms with Crippen LogP contribution in [0.4, 0.5) is 0 Å². The number of rotatable bonds is 3. The molecule has 1 aliphatic carbocycles. The highest BCUT2D eigenvalue weighted by atomic mass is 35.5. The summed E-state index contributed by atoms with van der Waals surface area (Å²) < 4.78 is 0. The Bertz CT molecular complexity index is 123. The van der Waals surface area contributed by atoms with E-state index in [1.807, 2.05) is 6.08 Å². The summed E-state index contributed by atoms with van der Waals surface area (Å²) in [6, 6.07) is 0. The van der Waals surface area contributed by atoms with Crippen LogP contribution in [0.2, 0.25) is 0 Å². The van der Waals surface area contributed by atoms with Gasteiger partial charge in [0.15, 0.2) is 0 Å². The zero-order valence-corrected chi connectivity index (χ0v) is 7.32. The molecule has 0 atom stereocenters. The highest BCUT2D eigenvalue weighted by molar-refractivity contribution is 6.18. The van der Waals surface area contributed by atoms with Gasteiger partial charge in [-0.2, -0.15) is 0 Å². The molecule has 0 aromatic heterocycles. The summed E-state index contributed by atoms with van der Waals surface area (Å²) in [5.41, 5.74) is 0.433. The molecular weight excluding hydrogens is 144 g/mol. The molecule has 1 fully saturated rings. The Hall–Kier alpha value is 0.0300. The standard InChI is InChI=1S/C9H15Cl/c1-3-4-9(7-10)5-8(2)6-9/h3,8H,1,4-7H2,2H3. The van der Waals surface area contributed by atoms with Crippen molar-refractivity contribution in [2.24, 2.45) is 11.3 Å². The van der Waals surface area contributed by atoms with Crippen LogP contribution in [0.15, 0.2) is 12.7 Å². The normalized spacial score (nSPS) is 38.8. The van der Waals surface area contributed by atoms with Gasteiger partial charge in [-0.15, -0.1) is 18.2 Å². The fourth-order valence-corrected chi connectivity index (χ4v) is 2.38. The van der Waals surface area contributed by atoms with Crippen molar-refractivity contribution >= 4 is 11.6 Å². The topological polar surface area (TPSA) is 0 Å². The molecule has 0 N–H and O–H groups in total. The lowest BCUT2D eigenvalue weighted by atomic mass is 9.62. The Morgan fingerprint density at radius 3 is 2.60 bits per heavy atom. The third-order valence-electron chi connectivity index (χ3n) is 2.42. The zero-order valence-electron chi connectivity index (χ0n) is 6.57. The Morgan fingerprint density at radius 1 is 1.70 bits per heavy atom. The van der Waals surface area contributed by atoms with Crippen LogP contribution in [0, 0.1) is 11.3 Å². The van der Waals surface area contributed by atoms with E-state index in [4.69, 9.17) is 11.6 Å². The third-order valence-corrected chi connectivity index (χ3v) is 2.99. The van der Waals surface area contributed by atoms with E-state index in [1.165, 1.54) is 12.8 Å². The number of allylic oxidation sites excluding steroid dienone is 1. The van der Waals surface area contributed by atoms with Gasteiger partial charge in [0.2, 0.25) is 0 Å². The van der Waals surface area contributed by atoms with E-state index in [2.05, 4.69) is 13.5 Å². The van der Waals surface area contributed by atoms with E-state index in [1.54, 1.807) is 0 Å². The summed E-state index contributed by atoms with van der Waals surface area (Å²) in [4.78, 5) is 0. The van der Waals surface area contributed by atoms with Gasteiger partial charge in [-0.3, -0.25) is 0 Å². The monoisotopic (exact) mass is 158 g/mol. The molecule has 0 nitrogen and oxygen atoms in total. The van der Waals surface area contributed by atoms with Gasteiger partial charge >= 0.3 is 0 Å². The fourth-order valence-electron chi connectivity index (χ4n) is 2.06. The Labute approximate surface area is 68.3 Å². The van der Waals surface area contributed by atoms with Crippen LogP contribution in [0.3, 0.4) is 0 Å². The Balaban J connectivity index is 2.39. The minimum absolute atomic E-state index is 0.433. The first-order valence-electron chi connectivity index (χ1n) is 3.89. The molecule has 1 saturated carbocycles. The quantitative estimate of drug-likeness (QED) is 0.437. The van der Waals surface area contributed by atoms with Crippen LogP contribution < -0.4 is 0 Å². The minimum atomic E-state index is 0.433. The molecule has 0 bridgehead atoms. The molecule has 1 heteroatoms. The summed E-state index contributed by atoms with van der Waals surface area (Å²) in [5, 5.41) is 0. The predicted octanol–water partition coefficient (Wildman–Crippen LogP) is 3.22. The van der Waals surface area contributed by atoms with Gasteiger partial charge in [0, 0.05) is 5.88 Å². The highest BCUT2D eigenvalue weighted by Gasteiger charge is 2.39.